The van der Waals surface area contributed by atoms with E-state index in [9.17, 15) is 0 Å². The third-order valence-corrected chi connectivity index (χ3v) is 2.53. The molecule has 1 nitrogen and oxygen atoms in total. The van der Waals surface area contributed by atoms with Crippen molar-refractivity contribution in [2.24, 2.45) is 5.73 Å². The molecule has 0 amide bonds. The van der Waals surface area contributed by atoms with Gasteiger partial charge in [0.25, 0.3) is 0 Å². The molecule has 1 rings (SSSR count). The second-order valence-electron chi connectivity index (χ2n) is 2.92. The summed E-state index contributed by atoms with van der Waals surface area (Å²) in [5, 5.41) is 0.746. The van der Waals surface area contributed by atoms with Gasteiger partial charge < -0.3 is 5.73 Å². The lowest BCUT2D eigenvalue weighted by Gasteiger charge is -2.07. The zero-order valence-electron chi connectivity index (χ0n) is 6.85. The molecule has 1 aromatic rings. The van der Waals surface area contributed by atoms with E-state index >= 15 is 0 Å². The van der Waals surface area contributed by atoms with Gasteiger partial charge in [0, 0.05) is 15.5 Å². The Bertz CT molecular complexity index is 273. The van der Waals surface area contributed by atoms with Crippen LogP contribution in [0, 0.1) is 0 Å². The lowest BCUT2D eigenvalue weighted by molar-refractivity contribution is 0.736. The Morgan fingerprint density at radius 3 is 2.75 bits per heavy atom. The standard InChI is InChI=1S/C9H11BrClN/c1-6(12)4-7-2-3-8(11)5-9(7)10/h2-3,5-6H,4,12H2,1H3/t6-/m1/s1. The summed E-state index contributed by atoms with van der Waals surface area (Å²) in [5.74, 6) is 0. The molecule has 1 atom stereocenters. The number of rotatable bonds is 2. The molecule has 0 aliphatic carbocycles. The van der Waals surface area contributed by atoms with Gasteiger partial charge in [0.15, 0.2) is 0 Å². The van der Waals surface area contributed by atoms with E-state index in [1.807, 2.05) is 25.1 Å². The zero-order valence-corrected chi connectivity index (χ0v) is 9.19. The summed E-state index contributed by atoms with van der Waals surface area (Å²) in [5.41, 5.74) is 6.88. The monoisotopic (exact) mass is 247 g/mol. The summed E-state index contributed by atoms with van der Waals surface area (Å²) < 4.78 is 1.03. The van der Waals surface area contributed by atoms with Gasteiger partial charge in [0.1, 0.15) is 0 Å². The van der Waals surface area contributed by atoms with Gasteiger partial charge in [-0.2, -0.15) is 0 Å². The zero-order chi connectivity index (χ0) is 9.14. The normalized spacial score (nSPS) is 13.0. The topological polar surface area (TPSA) is 26.0 Å². The van der Waals surface area contributed by atoms with Crippen LogP contribution in [0.5, 0.6) is 0 Å². The van der Waals surface area contributed by atoms with Gasteiger partial charge >= 0.3 is 0 Å². The van der Waals surface area contributed by atoms with Crippen LogP contribution in [-0.2, 0) is 6.42 Å². The number of benzene rings is 1. The molecule has 0 saturated carbocycles. The number of nitrogens with two attached hydrogens (primary N) is 1. The van der Waals surface area contributed by atoms with Crippen molar-refractivity contribution >= 4 is 27.5 Å². The third kappa shape index (κ3) is 2.77. The Balaban J connectivity index is 2.86. The smallest absolute Gasteiger partial charge is 0.0417 e. The number of halogens is 2. The van der Waals surface area contributed by atoms with E-state index in [0.29, 0.717) is 0 Å². The number of hydrogen-bond donors (Lipinski definition) is 1. The molecule has 0 heterocycles. The van der Waals surface area contributed by atoms with Crippen molar-refractivity contribution in [3.63, 3.8) is 0 Å². The average Bonchev–Trinajstić information content (AvgIpc) is 1.94. The van der Waals surface area contributed by atoms with Gasteiger partial charge in [0.2, 0.25) is 0 Å². The maximum Gasteiger partial charge on any atom is 0.0417 e. The minimum Gasteiger partial charge on any atom is -0.328 e. The van der Waals surface area contributed by atoms with E-state index in [1.54, 1.807) is 0 Å². The van der Waals surface area contributed by atoms with Crippen LogP contribution in [0.15, 0.2) is 22.7 Å². The molecule has 0 aliphatic heterocycles. The van der Waals surface area contributed by atoms with Crippen LogP contribution in [-0.4, -0.2) is 6.04 Å². The summed E-state index contributed by atoms with van der Waals surface area (Å²) in [6.07, 6.45) is 0.873. The van der Waals surface area contributed by atoms with Crippen molar-refractivity contribution < 1.29 is 0 Å². The predicted molar refractivity (Wildman–Crippen MR) is 56.5 cm³/mol. The minimum absolute atomic E-state index is 0.183. The fraction of sp³-hybridized carbons (Fsp3) is 0.333. The van der Waals surface area contributed by atoms with Crippen molar-refractivity contribution in [2.75, 3.05) is 0 Å². The molecule has 0 aliphatic rings. The van der Waals surface area contributed by atoms with Crippen LogP contribution in [0.2, 0.25) is 5.02 Å². The van der Waals surface area contributed by atoms with Crippen molar-refractivity contribution in [1.82, 2.24) is 0 Å². The van der Waals surface area contributed by atoms with Crippen LogP contribution in [0.1, 0.15) is 12.5 Å². The van der Waals surface area contributed by atoms with E-state index in [-0.39, 0.29) is 6.04 Å². The average molecular weight is 249 g/mol. The Kier molecular flexibility index (Phi) is 3.56. The van der Waals surface area contributed by atoms with Crippen LogP contribution < -0.4 is 5.73 Å². The first-order valence-corrected chi connectivity index (χ1v) is 4.96. The molecule has 3 heteroatoms. The highest BCUT2D eigenvalue weighted by atomic mass is 79.9. The van der Waals surface area contributed by atoms with E-state index in [1.165, 1.54) is 5.56 Å². The highest BCUT2D eigenvalue weighted by Crippen LogP contribution is 2.22. The van der Waals surface area contributed by atoms with E-state index < -0.39 is 0 Å². The quantitative estimate of drug-likeness (QED) is 0.855. The van der Waals surface area contributed by atoms with E-state index in [4.69, 9.17) is 17.3 Å². The first-order valence-electron chi connectivity index (χ1n) is 3.79. The maximum absolute atomic E-state index is 5.79. The van der Waals surface area contributed by atoms with Crippen molar-refractivity contribution in [1.29, 1.82) is 0 Å². The minimum atomic E-state index is 0.183. The van der Waals surface area contributed by atoms with Gasteiger partial charge in [-0.15, -0.1) is 0 Å². The van der Waals surface area contributed by atoms with Crippen LogP contribution in [0.4, 0.5) is 0 Å². The molecule has 0 unspecified atom stereocenters. The molecule has 0 aromatic heterocycles. The van der Waals surface area contributed by atoms with Crippen LogP contribution in [0.25, 0.3) is 0 Å². The molecule has 2 N–H and O–H groups in total. The summed E-state index contributed by atoms with van der Waals surface area (Å²) in [4.78, 5) is 0. The van der Waals surface area contributed by atoms with Crippen molar-refractivity contribution in [3.05, 3.63) is 33.3 Å². The highest BCUT2D eigenvalue weighted by molar-refractivity contribution is 9.10. The first kappa shape index (κ1) is 10.0. The SMILES string of the molecule is C[C@@H](N)Cc1ccc(Cl)cc1Br. The van der Waals surface area contributed by atoms with Gasteiger partial charge in [-0.1, -0.05) is 33.6 Å². The molecule has 12 heavy (non-hydrogen) atoms. The lowest BCUT2D eigenvalue weighted by Crippen LogP contribution is -2.17. The van der Waals surface area contributed by atoms with E-state index in [2.05, 4.69) is 15.9 Å². The van der Waals surface area contributed by atoms with E-state index in [0.717, 1.165) is 15.9 Å². The molecular weight excluding hydrogens is 237 g/mol. The summed E-state index contributed by atoms with van der Waals surface area (Å²) in [7, 11) is 0. The molecule has 0 spiro atoms. The van der Waals surface area contributed by atoms with Crippen LogP contribution in [0.3, 0.4) is 0 Å². The van der Waals surface area contributed by atoms with Gasteiger partial charge in [-0.05, 0) is 31.0 Å². The van der Waals surface area contributed by atoms with Gasteiger partial charge in [-0.25, -0.2) is 0 Å². The second kappa shape index (κ2) is 4.26. The largest absolute Gasteiger partial charge is 0.328 e. The predicted octanol–water partition coefficient (Wildman–Crippen LogP) is 2.99. The molecule has 0 bridgehead atoms. The van der Waals surface area contributed by atoms with Gasteiger partial charge in [-0.3, -0.25) is 0 Å². The molecule has 0 radical (unpaired) electrons. The molecule has 0 saturated heterocycles. The second-order valence-corrected chi connectivity index (χ2v) is 4.21. The third-order valence-electron chi connectivity index (χ3n) is 1.56. The fourth-order valence-corrected chi connectivity index (χ4v) is 1.88. The fourth-order valence-electron chi connectivity index (χ4n) is 1.03. The summed E-state index contributed by atoms with van der Waals surface area (Å²) in [6.45, 7) is 1.99. The highest BCUT2D eigenvalue weighted by Gasteiger charge is 2.02. The Labute approximate surface area is 86.0 Å². The Morgan fingerprint density at radius 1 is 1.58 bits per heavy atom. The lowest BCUT2D eigenvalue weighted by atomic mass is 10.1. The molecule has 66 valence electrons. The van der Waals surface area contributed by atoms with Crippen molar-refractivity contribution in [2.45, 2.75) is 19.4 Å². The Morgan fingerprint density at radius 2 is 2.25 bits per heavy atom. The van der Waals surface area contributed by atoms with Crippen LogP contribution >= 0.6 is 27.5 Å². The Hall–Kier alpha value is -0.0500. The van der Waals surface area contributed by atoms with Gasteiger partial charge in [0.05, 0.1) is 0 Å². The summed E-state index contributed by atoms with van der Waals surface area (Å²) in [6, 6.07) is 5.95. The molecule has 0 fully saturated rings. The van der Waals surface area contributed by atoms with Crippen molar-refractivity contribution in [3.8, 4) is 0 Å². The first-order chi connectivity index (χ1) is 5.59. The molecular formula is C9H11BrClN. The maximum atomic E-state index is 5.79. The number of hydrogen-bond acceptors (Lipinski definition) is 1. The molecule has 1 aromatic carbocycles. The summed E-state index contributed by atoms with van der Waals surface area (Å²) >= 11 is 9.23.